The zero-order valence-corrected chi connectivity index (χ0v) is 13.8. The first-order valence-electron chi connectivity index (χ1n) is 8.27. The standard InChI is InChI=1S/C18H25N3O2/c1-21(14-10-16-7-11-19-12-8-16)18(23)17(22)20-13-9-15-5-3-2-4-6-15/h5,7-8,11-12H,2-4,6,9-10,13-14H2,1H3,(H,20,22). The van der Waals surface area contributed by atoms with Gasteiger partial charge in [-0.1, -0.05) is 11.6 Å². The van der Waals surface area contributed by atoms with Gasteiger partial charge in [0, 0.05) is 32.5 Å². The number of rotatable bonds is 6. The van der Waals surface area contributed by atoms with Crippen molar-refractivity contribution in [1.82, 2.24) is 15.2 Å². The minimum atomic E-state index is -0.515. The number of hydrogen-bond acceptors (Lipinski definition) is 3. The molecule has 23 heavy (non-hydrogen) atoms. The second-order valence-electron chi connectivity index (χ2n) is 5.95. The third-order valence-corrected chi connectivity index (χ3v) is 4.14. The van der Waals surface area contributed by atoms with Gasteiger partial charge in [-0.3, -0.25) is 14.6 Å². The van der Waals surface area contributed by atoms with Gasteiger partial charge in [-0.2, -0.15) is 0 Å². The molecule has 1 heterocycles. The van der Waals surface area contributed by atoms with Gasteiger partial charge < -0.3 is 10.2 Å². The summed E-state index contributed by atoms with van der Waals surface area (Å²) in [5.41, 5.74) is 2.50. The molecule has 0 bridgehead atoms. The van der Waals surface area contributed by atoms with Crippen molar-refractivity contribution in [2.24, 2.45) is 0 Å². The molecule has 0 fully saturated rings. The summed E-state index contributed by atoms with van der Waals surface area (Å²) in [7, 11) is 1.66. The van der Waals surface area contributed by atoms with E-state index in [0.717, 1.165) is 24.8 Å². The van der Waals surface area contributed by atoms with Gasteiger partial charge in [0.25, 0.3) is 0 Å². The van der Waals surface area contributed by atoms with Gasteiger partial charge in [0.1, 0.15) is 0 Å². The Morgan fingerprint density at radius 1 is 1.22 bits per heavy atom. The Morgan fingerprint density at radius 2 is 2.00 bits per heavy atom. The molecule has 2 amide bonds. The predicted octanol–water partition coefficient (Wildman–Crippen LogP) is 2.09. The molecule has 5 heteroatoms. The number of likely N-dealkylation sites (N-methyl/N-ethyl adjacent to an activating group) is 1. The highest BCUT2D eigenvalue weighted by Gasteiger charge is 2.18. The molecule has 2 rings (SSSR count). The number of allylic oxidation sites excluding steroid dienone is 1. The molecule has 0 unspecified atom stereocenters. The highest BCUT2D eigenvalue weighted by Crippen LogP contribution is 2.19. The lowest BCUT2D eigenvalue weighted by Gasteiger charge is -2.17. The highest BCUT2D eigenvalue weighted by molar-refractivity contribution is 6.34. The van der Waals surface area contributed by atoms with Crippen molar-refractivity contribution >= 4 is 11.8 Å². The van der Waals surface area contributed by atoms with Crippen LogP contribution in [0, 0.1) is 0 Å². The van der Waals surface area contributed by atoms with Crippen molar-refractivity contribution in [3.8, 4) is 0 Å². The molecule has 1 N–H and O–H groups in total. The fraction of sp³-hybridized carbons (Fsp3) is 0.500. The van der Waals surface area contributed by atoms with Crippen LogP contribution in [0.4, 0.5) is 0 Å². The number of nitrogens with zero attached hydrogens (tertiary/aromatic N) is 2. The van der Waals surface area contributed by atoms with Gasteiger partial charge in [0.2, 0.25) is 0 Å². The molecule has 0 saturated carbocycles. The Kier molecular flexibility index (Phi) is 6.78. The molecule has 1 aromatic rings. The molecule has 1 aromatic heterocycles. The number of pyridine rings is 1. The smallest absolute Gasteiger partial charge is 0.311 e. The molecule has 0 spiro atoms. The van der Waals surface area contributed by atoms with Crippen LogP contribution in [0.25, 0.3) is 0 Å². The first-order valence-corrected chi connectivity index (χ1v) is 8.27. The SMILES string of the molecule is CN(CCc1ccncc1)C(=O)C(=O)NCCC1=CCCCC1. The van der Waals surface area contributed by atoms with Gasteiger partial charge in [-0.25, -0.2) is 0 Å². The van der Waals surface area contributed by atoms with Crippen LogP contribution in [0.3, 0.4) is 0 Å². The predicted molar refractivity (Wildman–Crippen MR) is 89.8 cm³/mol. The molecule has 0 radical (unpaired) electrons. The Morgan fingerprint density at radius 3 is 2.70 bits per heavy atom. The van der Waals surface area contributed by atoms with Crippen LogP contribution in [-0.4, -0.2) is 41.8 Å². The molecule has 0 aliphatic heterocycles. The fourth-order valence-corrected chi connectivity index (χ4v) is 2.67. The van der Waals surface area contributed by atoms with E-state index < -0.39 is 11.8 Å². The molecule has 1 aliphatic carbocycles. The molecule has 0 atom stereocenters. The number of hydrogen-bond donors (Lipinski definition) is 1. The number of carbonyl (C=O) groups excluding carboxylic acids is 2. The van der Waals surface area contributed by atoms with Gasteiger partial charge in [-0.15, -0.1) is 0 Å². The summed E-state index contributed by atoms with van der Waals surface area (Å²) in [4.78, 5) is 29.4. The first-order chi connectivity index (χ1) is 11.2. The summed E-state index contributed by atoms with van der Waals surface area (Å²) < 4.78 is 0. The van der Waals surface area contributed by atoms with Crippen LogP contribution in [-0.2, 0) is 16.0 Å². The highest BCUT2D eigenvalue weighted by atomic mass is 16.2. The van der Waals surface area contributed by atoms with Crippen molar-refractivity contribution in [3.63, 3.8) is 0 Å². The van der Waals surface area contributed by atoms with Crippen molar-refractivity contribution in [2.45, 2.75) is 38.5 Å². The minimum Gasteiger partial charge on any atom is -0.348 e. The van der Waals surface area contributed by atoms with Crippen LogP contribution in [0.15, 0.2) is 36.2 Å². The van der Waals surface area contributed by atoms with Crippen LogP contribution in [0.1, 0.15) is 37.7 Å². The number of nitrogens with one attached hydrogen (secondary N) is 1. The fourth-order valence-electron chi connectivity index (χ4n) is 2.67. The molecular weight excluding hydrogens is 290 g/mol. The summed E-state index contributed by atoms with van der Waals surface area (Å²) in [6.45, 7) is 1.05. The summed E-state index contributed by atoms with van der Waals surface area (Å²) in [6, 6.07) is 3.83. The van der Waals surface area contributed by atoms with Crippen molar-refractivity contribution in [1.29, 1.82) is 0 Å². The Hall–Kier alpha value is -2.17. The Bertz CT molecular complexity index is 555. The van der Waals surface area contributed by atoms with Crippen molar-refractivity contribution < 1.29 is 9.59 Å². The maximum Gasteiger partial charge on any atom is 0.311 e. The van der Waals surface area contributed by atoms with Crippen LogP contribution in [0.2, 0.25) is 0 Å². The molecular formula is C18H25N3O2. The van der Waals surface area contributed by atoms with E-state index in [0.29, 0.717) is 19.5 Å². The van der Waals surface area contributed by atoms with E-state index >= 15 is 0 Å². The minimum absolute atomic E-state index is 0.475. The van der Waals surface area contributed by atoms with Gasteiger partial charge in [0.05, 0.1) is 0 Å². The third-order valence-electron chi connectivity index (χ3n) is 4.14. The summed E-state index contributed by atoms with van der Waals surface area (Å²) in [6.07, 6.45) is 12.0. The second kappa shape index (κ2) is 9.08. The lowest BCUT2D eigenvalue weighted by atomic mass is 9.97. The quantitative estimate of drug-likeness (QED) is 0.646. The molecule has 0 aromatic carbocycles. The van der Waals surface area contributed by atoms with E-state index in [1.54, 1.807) is 19.4 Å². The monoisotopic (exact) mass is 315 g/mol. The maximum atomic E-state index is 12.0. The van der Waals surface area contributed by atoms with E-state index in [1.165, 1.54) is 23.3 Å². The first kappa shape index (κ1) is 17.2. The van der Waals surface area contributed by atoms with Crippen molar-refractivity contribution in [2.75, 3.05) is 20.1 Å². The second-order valence-corrected chi connectivity index (χ2v) is 5.95. The molecule has 5 nitrogen and oxygen atoms in total. The maximum absolute atomic E-state index is 12.0. The number of amides is 2. The average Bonchev–Trinajstić information content (AvgIpc) is 2.60. The summed E-state index contributed by atoms with van der Waals surface area (Å²) in [5.74, 6) is -0.990. The van der Waals surface area contributed by atoms with E-state index in [2.05, 4.69) is 16.4 Å². The Balaban J connectivity index is 1.68. The number of aromatic nitrogens is 1. The van der Waals surface area contributed by atoms with Gasteiger partial charge >= 0.3 is 11.8 Å². The summed E-state index contributed by atoms with van der Waals surface area (Å²) >= 11 is 0. The van der Waals surface area contributed by atoms with Crippen LogP contribution < -0.4 is 5.32 Å². The normalized spacial score (nSPS) is 14.0. The van der Waals surface area contributed by atoms with E-state index in [1.807, 2.05) is 12.1 Å². The summed E-state index contributed by atoms with van der Waals surface area (Å²) in [5, 5.41) is 2.73. The topological polar surface area (TPSA) is 62.3 Å². The van der Waals surface area contributed by atoms with E-state index in [-0.39, 0.29) is 0 Å². The molecule has 1 aliphatic rings. The van der Waals surface area contributed by atoms with E-state index in [9.17, 15) is 9.59 Å². The average molecular weight is 315 g/mol. The lowest BCUT2D eigenvalue weighted by Crippen LogP contribution is -2.42. The lowest BCUT2D eigenvalue weighted by molar-refractivity contribution is -0.144. The largest absolute Gasteiger partial charge is 0.348 e. The third kappa shape index (κ3) is 5.85. The zero-order chi connectivity index (χ0) is 16.5. The van der Waals surface area contributed by atoms with Crippen LogP contribution in [0.5, 0.6) is 0 Å². The van der Waals surface area contributed by atoms with Crippen molar-refractivity contribution in [3.05, 3.63) is 41.7 Å². The zero-order valence-electron chi connectivity index (χ0n) is 13.8. The molecule has 124 valence electrons. The Labute approximate surface area is 137 Å². The van der Waals surface area contributed by atoms with E-state index in [4.69, 9.17) is 0 Å². The molecule has 0 saturated heterocycles. The van der Waals surface area contributed by atoms with Gasteiger partial charge in [-0.05, 0) is 56.2 Å². The van der Waals surface area contributed by atoms with Gasteiger partial charge in [0.15, 0.2) is 0 Å². The van der Waals surface area contributed by atoms with Crippen LogP contribution >= 0.6 is 0 Å². The number of carbonyl (C=O) groups is 2.